The molecule has 3 rings (SSSR count). The number of hydrogen-bond donors (Lipinski definition) is 0. The number of benzene rings is 2. The van der Waals surface area contributed by atoms with Gasteiger partial charge in [0.15, 0.2) is 0 Å². The number of azide groups is 1. The summed E-state index contributed by atoms with van der Waals surface area (Å²) in [5.74, 6) is 0. The molecule has 1 aliphatic rings. The average Bonchev–Trinajstić information content (AvgIpc) is 3.12. The molecule has 0 saturated heterocycles. The third-order valence-corrected chi connectivity index (χ3v) is 10.9. The summed E-state index contributed by atoms with van der Waals surface area (Å²) in [6.45, 7) is 27.0. The van der Waals surface area contributed by atoms with Crippen LogP contribution in [-0.4, -0.2) is 57.5 Å². The minimum Gasteiger partial charge on any atom is -0.443 e. The number of nitrogens with zero attached hydrogens (tertiary/aromatic N) is 4. The lowest BCUT2D eigenvalue weighted by Gasteiger charge is -2.25. The van der Waals surface area contributed by atoms with E-state index in [9.17, 15) is 14.4 Å². The summed E-state index contributed by atoms with van der Waals surface area (Å²) in [6.07, 6.45) is -1.54. The second kappa shape index (κ2) is 15.7. The van der Waals surface area contributed by atoms with Gasteiger partial charge in [-0.2, -0.15) is 0 Å². The fourth-order valence-corrected chi connectivity index (χ4v) is 8.40. The Labute approximate surface area is 276 Å². The maximum absolute atomic E-state index is 12.2. The van der Waals surface area contributed by atoms with E-state index in [4.69, 9.17) is 19.7 Å². The van der Waals surface area contributed by atoms with Gasteiger partial charge in [0.25, 0.3) is 0 Å². The molecule has 0 bridgehead atoms. The van der Waals surface area contributed by atoms with Crippen LogP contribution in [0, 0.1) is 0 Å². The highest BCUT2D eigenvalue weighted by Crippen LogP contribution is 2.27. The number of rotatable bonds is 2. The standard InChI is InChI=1S/C14H21NO2Si.C10H18O5.C9H13N3Si/c1-14(2,3)17-13(16)15-10-18(4,5)12-9-7-6-8-11(12)15;1-9(2,3)14-7(11)13-8(12)15-10(4,5)6;1-13(2,3)9-7-5-4-6-8(9)11-12-10/h6-9H,10H2,1-5H3;1-6H3;4-7H,1-3H3. The van der Waals surface area contributed by atoms with Crippen LogP contribution < -0.4 is 15.3 Å². The largest absolute Gasteiger partial charge is 0.519 e. The van der Waals surface area contributed by atoms with E-state index in [1.807, 2.05) is 57.2 Å². The Morgan fingerprint density at radius 2 is 1.24 bits per heavy atom. The molecule has 46 heavy (non-hydrogen) atoms. The zero-order valence-corrected chi connectivity index (χ0v) is 32.0. The van der Waals surface area contributed by atoms with E-state index in [0.29, 0.717) is 0 Å². The highest BCUT2D eigenvalue weighted by Gasteiger charge is 2.40. The molecule has 0 radical (unpaired) electrons. The summed E-state index contributed by atoms with van der Waals surface area (Å²) < 4.78 is 19.3. The predicted molar refractivity (Wildman–Crippen MR) is 189 cm³/mol. The van der Waals surface area contributed by atoms with Crippen molar-refractivity contribution in [3.05, 3.63) is 59.0 Å². The third kappa shape index (κ3) is 14.5. The van der Waals surface area contributed by atoms with Crippen molar-refractivity contribution < 1.29 is 33.3 Å². The van der Waals surface area contributed by atoms with Crippen LogP contribution in [0.1, 0.15) is 62.3 Å². The molecular formula is C33H52N4O7Si2. The Morgan fingerprint density at radius 3 is 1.70 bits per heavy atom. The smallest absolute Gasteiger partial charge is 0.443 e. The molecule has 1 amide bonds. The Bertz CT molecular complexity index is 1390. The minimum atomic E-state index is -1.54. The molecule has 11 nitrogen and oxygen atoms in total. The van der Waals surface area contributed by atoms with Crippen molar-refractivity contribution in [1.29, 1.82) is 0 Å². The average molecular weight is 673 g/mol. The van der Waals surface area contributed by atoms with Gasteiger partial charge in [-0.15, -0.1) is 0 Å². The van der Waals surface area contributed by atoms with E-state index in [0.717, 1.165) is 17.5 Å². The fourth-order valence-electron chi connectivity index (χ4n) is 4.18. The SMILES string of the molecule is CC(C)(C)OC(=O)N1C[Si](C)(C)c2ccccc21.CC(C)(C)OC(=O)OC(=O)OC(C)(C)C.C[Si](C)(C)c1ccccc1N=[N+]=[N-]. The number of anilines is 1. The number of amides is 1. The van der Waals surface area contributed by atoms with Crippen LogP contribution >= 0.6 is 0 Å². The Morgan fingerprint density at radius 1 is 0.783 bits per heavy atom. The zero-order valence-electron chi connectivity index (χ0n) is 30.0. The molecule has 13 heteroatoms. The van der Waals surface area contributed by atoms with Gasteiger partial charge >= 0.3 is 18.4 Å². The van der Waals surface area contributed by atoms with E-state index < -0.39 is 45.3 Å². The summed E-state index contributed by atoms with van der Waals surface area (Å²) in [5, 5.41) is 6.25. The van der Waals surface area contributed by atoms with Crippen molar-refractivity contribution in [3.8, 4) is 0 Å². The lowest BCUT2D eigenvalue weighted by molar-refractivity contribution is -0.0294. The van der Waals surface area contributed by atoms with Crippen LogP contribution in [0.15, 0.2) is 53.6 Å². The highest BCUT2D eigenvalue weighted by molar-refractivity contribution is 6.93. The number of hydrogen-bond acceptors (Lipinski definition) is 8. The monoisotopic (exact) mass is 672 g/mol. The molecule has 2 aromatic rings. The number of fused-ring (bicyclic) bond motifs is 1. The topological polar surface area (TPSA) is 140 Å². The molecule has 0 saturated carbocycles. The van der Waals surface area contributed by atoms with E-state index in [1.165, 1.54) is 10.4 Å². The van der Waals surface area contributed by atoms with Crippen LogP contribution in [0.5, 0.6) is 0 Å². The van der Waals surface area contributed by atoms with Gasteiger partial charge < -0.3 is 18.9 Å². The number of carbonyl (C=O) groups excluding carboxylic acids is 3. The van der Waals surface area contributed by atoms with Gasteiger partial charge in [0.2, 0.25) is 0 Å². The van der Waals surface area contributed by atoms with Gasteiger partial charge in [-0.05, 0) is 79.1 Å². The van der Waals surface area contributed by atoms with Crippen LogP contribution in [0.2, 0.25) is 32.7 Å². The summed E-state index contributed by atoms with van der Waals surface area (Å²) in [4.78, 5) is 38.9. The maximum Gasteiger partial charge on any atom is 0.519 e. The molecule has 0 spiro atoms. The molecule has 0 fully saturated rings. The zero-order chi connectivity index (χ0) is 35.7. The van der Waals surface area contributed by atoms with Gasteiger partial charge in [0, 0.05) is 22.5 Å². The lowest BCUT2D eigenvalue weighted by Crippen LogP contribution is -2.45. The van der Waals surface area contributed by atoms with Gasteiger partial charge in [0.05, 0.1) is 8.07 Å². The summed E-state index contributed by atoms with van der Waals surface area (Å²) in [7, 11) is -2.92. The van der Waals surface area contributed by atoms with Crippen LogP contribution in [-0.2, 0) is 18.9 Å². The molecule has 0 aromatic heterocycles. The van der Waals surface area contributed by atoms with Crippen LogP contribution in [0.25, 0.3) is 10.4 Å². The van der Waals surface area contributed by atoms with Crippen LogP contribution in [0.4, 0.5) is 25.8 Å². The fraction of sp³-hybridized carbons (Fsp3) is 0.545. The predicted octanol–water partition coefficient (Wildman–Crippen LogP) is 8.94. The molecule has 0 aliphatic carbocycles. The maximum atomic E-state index is 12.2. The first-order valence-corrected chi connectivity index (χ1v) is 21.8. The Balaban J connectivity index is 0.000000351. The molecule has 0 atom stereocenters. The number of ether oxygens (including phenoxy) is 4. The van der Waals surface area contributed by atoms with Gasteiger partial charge in [-0.25, -0.2) is 14.4 Å². The second-order valence-corrected chi connectivity index (χ2v) is 25.1. The number of carbonyl (C=O) groups is 3. The van der Waals surface area contributed by atoms with Crippen molar-refractivity contribution in [2.24, 2.45) is 5.11 Å². The quantitative estimate of drug-likeness (QED) is 0.0590. The summed E-state index contributed by atoms with van der Waals surface area (Å²) in [5.41, 5.74) is 8.36. The highest BCUT2D eigenvalue weighted by atomic mass is 28.3. The van der Waals surface area contributed by atoms with Gasteiger partial charge in [0.1, 0.15) is 24.9 Å². The molecule has 1 aliphatic heterocycles. The normalized spacial score (nSPS) is 13.7. The number of para-hydroxylation sites is 1. The first-order valence-electron chi connectivity index (χ1n) is 15.1. The Kier molecular flexibility index (Phi) is 13.7. The minimum absolute atomic E-state index is 0.229. The van der Waals surface area contributed by atoms with E-state index in [1.54, 1.807) is 46.4 Å². The molecule has 254 valence electrons. The Hall–Kier alpha value is -3.81. The molecule has 2 aromatic carbocycles. The second-order valence-electron chi connectivity index (χ2n) is 15.5. The molecule has 1 heterocycles. The first-order chi connectivity index (χ1) is 20.8. The van der Waals surface area contributed by atoms with E-state index >= 15 is 0 Å². The first kappa shape index (κ1) is 40.2. The lowest BCUT2D eigenvalue weighted by atomic mass is 10.2. The van der Waals surface area contributed by atoms with E-state index in [-0.39, 0.29) is 6.09 Å². The van der Waals surface area contributed by atoms with Crippen molar-refractivity contribution in [2.75, 3.05) is 11.1 Å². The third-order valence-electron chi connectivity index (χ3n) is 5.90. The van der Waals surface area contributed by atoms with Crippen LogP contribution in [0.3, 0.4) is 0 Å². The van der Waals surface area contributed by atoms with E-state index in [2.05, 4.69) is 59.6 Å². The van der Waals surface area contributed by atoms with Crippen molar-refractivity contribution in [1.82, 2.24) is 0 Å². The molecular weight excluding hydrogens is 621 g/mol. The summed E-state index contributed by atoms with van der Waals surface area (Å²) in [6, 6.07) is 16.0. The molecule has 0 N–H and O–H groups in total. The van der Waals surface area contributed by atoms with Crippen molar-refractivity contribution in [2.45, 2.75) is 112 Å². The van der Waals surface area contributed by atoms with Crippen molar-refractivity contribution >= 4 is 56.3 Å². The molecule has 0 unspecified atom stereocenters. The summed E-state index contributed by atoms with van der Waals surface area (Å²) >= 11 is 0. The van der Waals surface area contributed by atoms with Crippen molar-refractivity contribution in [3.63, 3.8) is 0 Å². The van der Waals surface area contributed by atoms with Gasteiger partial charge in [-0.3, -0.25) is 4.90 Å². The van der Waals surface area contributed by atoms with Gasteiger partial charge in [-0.1, -0.05) is 85.5 Å².